The van der Waals surface area contributed by atoms with Crippen LogP contribution in [0.4, 0.5) is 0 Å². The molecular weight excluding hydrogens is 252 g/mol. The summed E-state index contributed by atoms with van der Waals surface area (Å²) in [7, 11) is 1.36. The molecule has 2 aromatic rings. The smallest absolute Gasteiger partial charge is 0.318 e. The van der Waals surface area contributed by atoms with E-state index in [0.29, 0.717) is 11.0 Å². The number of hydrogen-bond acceptors (Lipinski definition) is 6. The zero-order valence-corrected chi connectivity index (χ0v) is 10.8. The number of esters is 1. The quantitative estimate of drug-likeness (QED) is 0.666. The lowest BCUT2D eigenvalue weighted by atomic mass is 10.3. The Balaban J connectivity index is 2.09. The molecule has 2 heterocycles. The minimum absolute atomic E-state index is 0.298. The first-order chi connectivity index (χ1) is 8.70. The number of aromatic amines is 1. The third-order valence-corrected chi connectivity index (χ3v) is 3.15. The molecule has 0 radical (unpaired) electrons. The van der Waals surface area contributed by atoms with Crippen LogP contribution in [0, 0.1) is 0 Å². The second-order valence-corrected chi connectivity index (χ2v) is 4.80. The molecule has 0 spiro atoms. The lowest BCUT2D eigenvalue weighted by Crippen LogP contribution is -2.14. The van der Waals surface area contributed by atoms with Crippen LogP contribution in [0.5, 0.6) is 0 Å². The fraction of sp³-hybridized carbons (Fsp3) is 0.273. The number of pyridine rings is 1. The summed E-state index contributed by atoms with van der Waals surface area (Å²) < 4.78 is 4.64. The van der Waals surface area contributed by atoms with Gasteiger partial charge in [-0.3, -0.25) is 14.9 Å². The van der Waals surface area contributed by atoms with Gasteiger partial charge in [-0.1, -0.05) is 11.8 Å². The van der Waals surface area contributed by atoms with E-state index in [1.807, 2.05) is 12.1 Å². The number of rotatable bonds is 4. The van der Waals surface area contributed by atoms with Crippen molar-refractivity contribution in [2.45, 2.75) is 17.3 Å². The van der Waals surface area contributed by atoms with Gasteiger partial charge in [0.05, 0.1) is 7.11 Å². The third-order valence-electron chi connectivity index (χ3n) is 2.22. The molecule has 2 rings (SSSR count). The van der Waals surface area contributed by atoms with Crippen molar-refractivity contribution in [3.8, 4) is 11.4 Å². The van der Waals surface area contributed by atoms with E-state index in [0.717, 1.165) is 5.56 Å². The number of thioether (sulfide) groups is 1. The van der Waals surface area contributed by atoms with Gasteiger partial charge in [-0.2, -0.15) is 0 Å². The molecule has 2 aromatic heterocycles. The highest BCUT2D eigenvalue weighted by molar-refractivity contribution is 8.00. The van der Waals surface area contributed by atoms with Crippen LogP contribution in [-0.2, 0) is 9.53 Å². The van der Waals surface area contributed by atoms with Crippen LogP contribution < -0.4 is 0 Å². The lowest BCUT2D eigenvalue weighted by Gasteiger charge is -2.04. The second-order valence-electron chi connectivity index (χ2n) is 3.49. The van der Waals surface area contributed by atoms with Crippen molar-refractivity contribution in [3.63, 3.8) is 0 Å². The Morgan fingerprint density at radius 2 is 2.39 bits per heavy atom. The number of carbonyl (C=O) groups excluding carboxylic acids is 1. The maximum absolute atomic E-state index is 11.3. The Kier molecular flexibility index (Phi) is 3.93. The van der Waals surface area contributed by atoms with Gasteiger partial charge in [0.25, 0.3) is 0 Å². The number of carbonyl (C=O) groups is 1. The van der Waals surface area contributed by atoms with Gasteiger partial charge < -0.3 is 4.74 Å². The van der Waals surface area contributed by atoms with E-state index in [4.69, 9.17) is 0 Å². The third kappa shape index (κ3) is 2.86. The van der Waals surface area contributed by atoms with E-state index < -0.39 is 0 Å². The molecule has 0 aliphatic carbocycles. The summed E-state index contributed by atoms with van der Waals surface area (Å²) in [6.07, 6.45) is 3.38. The van der Waals surface area contributed by atoms with Crippen LogP contribution in [0.3, 0.4) is 0 Å². The lowest BCUT2D eigenvalue weighted by molar-refractivity contribution is -0.139. The van der Waals surface area contributed by atoms with Crippen molar-refractivity contribution in [2.75, 3.05) is 7.11 Å². The predicted octanol–water partition coefficient (Wildman–Crippen LogP) is 1.52. The zero-order chi connectivity index (χ0) is 13.0. The molecule has 0 aliphatic rings. The number of hydrogen-bond donors (Lipinski definition) is 1. The van der Waals surface area contributed by atoms with Crippen molar-refractivity contribution in [3.05, 3.63) is 24.5 Å². The van der Waals surface area contributed by atoms with E-state index in [9.17, 15) is 4.79 Å². The maximum Gasteiger partial charge on any atom is 0.318 e. The number of nitrogens with zero attached hydrogens (tertiary/aromatic N) is 3. The molecular formula is C11H12N4O2S. The normalized spacial score (nSPS) is 12.1. The highest BCUT2D eigenvalue weighted by Gasteiger charge is 2.17. The van der Waals surface area contributed by atoms with E-state index in [-0.39, 0.29) is 11.2 Å². The number of H-pyrrole nitrogens is 1. The summed E-state index contributed by atoms with van der Waals surface area (Å²) in [5, 5.41) is 7.02. The van der Waals surface area contributed by atoms with Gasteiger partial charge in [0.15, 0.2) is 5.82 Å². The fourth-order valence-corrected chi connectivity index (χ4v) is 2.05. The van der Waals surface area contributed by atoms with Crippen LogP contribution in [0.15, 0.2) is 29.7 Å². The van der Waals surface area contributed by atoms with Gasteiger partial charge in [0.2, 0.25) is 5.16 Å². The zero-order valence-electron chi connectivity index (χ0n) is 9.95. The summed E-state index contributed by atoms with van der Waals surface area (Å²) in [4.78, 5) is 19.6. The minimum Gasteiger partial charge on any atom is -0.468 e. The van der Waals surface area contributed by atoms with Gasteiger partial charge >= 0.3 is 5.97 Å². The van der Waals surface area contributed by atoms with E-state index in [1.54, 1.807) is 19.3 Å². The van der Waals surface area contributed by atoms with Gasteiger partial charge in [-0.25, -0.2) is 4.98 Å². The van der Waals surface area contributed by atoms with E-state index in [2.05, 4.69) is 24.9 Å². The molecule has 0 saturated heterocycles. The number of nitrogens with one attached hydrogen (secondary N) is 1. The van der Waals surface area contributed by atoms with E-state index in [1.165, 1.54) is 18.9 Å². The Labute approximate surface area is 108 Å². The highest BCUT2D eigenvalue weighted by atomic mass is 32.2. The van der Waals surface area contributed by atoms with Crippen molar-refractivity contribution in [2.24, 2.45) is 0 Å². The average molecular weight is 264 g/mol. The molecule has 0 saturated carbocycles. The van der Waals surface area contributed by atoms with Gasteiger partial charge in [0.1, 0.15) is 5.25 Å². The standard InChI is InChI=1S/C11H12N4O2S/c1-7(10(16)17-2)18-11-13-9(14-15-11)8-4-3-5-12-6-8/h3-7H,1-2H3,(H,13,14,15). The SMILES string of the molecule is COC(=O)C(C)Sc1n[nH]c(-c2cccnc2)n1. The first-order valence-corrected chi connectivity index (χ1v) is 6.16. The first-order valence-electron chi connectivity index (χ1n) is 5.28. The van der Waals surface area contributed by atoms with Gasteiger partial charge in [-0.05, 0) is 19.1 Å². The molecule has 1 unspecified atom stereocenters. The van der Waals surface area contributed by atoms with Crippen molar-refractivity contribution in [1.82, 2.24) is 20.2 Å². The second kappa shape index (κ2) is 5.63. The Hall–Kier alpha value is -1.89. The Bertz CT molecular complexity index is 529. The summed E-state index contributed by atoms with van der Waals surface area (Å²) in [5.41, 5.74) is 0.850. The highest BCUT2D eigenvalue weighted by Crippen LogP contribution is 2.22. The molecule has 0 fully saturated rings. The summed E-state index contributed by atoms with van der Waals surface area (Å²) >= 11 is 1.24. The molecule has 7 heteroatoms. The Morgan fingerprint density at radius 1 is 1.56 bits per heavy atom. The number of ether oxygens (including phenoxy) is 1. The number of methoxy groups -OCH3 is 1. The topological polar surface area (TPSA) is 80.8 Å². The van der Waals surface area contributed by atoms with Crippen molar-refractivity contribution in [1.29, 1.82) is 0 Å². The van der Waals surface area contributed by atoms with E-state index >= 15 is 0 Å². The molecule has 0 amide bonds. The van der Waals surface area contributed by atoms with Crippen LogP contribution in [0.2, 0.25) is 0 Å². The fourth-order valence-electron chi connectivity index (χ4n) is 1.30. The summed E-state index contributed by atoms with van der Waals surface area (Å²) in [6.45, 7) is 1.75. The monoisotopic (exact) mass is 264 g/mol. The maximum atomic E-state index is 11.3. The molecule has 94 valence electrons. The summed E-state index contributed by atoms with van der Waals surface area (Å²) in [5.74, 6) is 0.329. The Morgan fingerprint density at radius 3 is 3.06 bits per heavy atom. The van der Waals surface area contributed by atoms with Crippen LogP contribution in [0.1, 0.15) is 6.92 Å². The van der Waals surface area contributed by atoms with Crippen LogP contribution >= 0.6 is 11.8 Å². The van der Waals surface area contributed by atoms with Gasteiger partial charge in [-0.15, -0.1) is 5.10 Å². The molecule has 18 heavy (non-hydrogen) atoms. The van der Waals surface area contributed by atoms with Gasteiger partial charge in [0, 0.05) is 18.0 Å². The predicted molar refractivity (Wildman–Crippen MR) is 66.9 cm³/mol. The minimum atomic E-state index is -0.340. The van der Waals surface area contributed by atoms with Crippen LogP contribution in [0.25, 0.3) is 11.4 Å². The van der Waals surface area contributed by atoms with Crippen molar-refractivity contribution >= 4 is 17.7 Å². The largest absolute Gasteiger partial charge is 0.468 e. The molecule has 0 aliphatic heterocycles. The molecule has 1 N–H and O–H groups in total. The molecule has 0 aromatic carbocycles. The average Bonchev–Trinajstić information content (AvgIpc) is 2.87. The van der Waals surface area contributed by atoms with Crippen LogP contribution in [-0.4, -0.2) is 38.5 Å². The first kappa shape index (κ1) is 12.6. The number of aromatic nitrogens is 4. The van der Waals surface area contributed by atoms with Crippen molar-refractivity contribution < 1.29 is 9.53 Å². The molecule has 0 bridgehead atoms. The molecule has 1 atom stereocenters. The molecule has 6 nitrogen and oxygen atoms in total. The summed E-state index contributed by atoms with van der Waals surface area (Å²) in [6, 6.07) is 3.70.